The highest BCUT2D eigenvalue weighted by Crippen LogP contribution is 2.69. The number of rotatable bonds is 21. The maximum Gasteiger partial charge on any atom is 0.0637 e. The second-order valence-electron chi connectivity index (χ2n) is 16.1. The summed E-state index contributed by atoms with van der Waals surface area (Å²) in [4.78, 5) is 0. The molecule has 4 rings (SSSR count). The van der Waals surface area contributed by atoms with Gasteiger partial charge < -0.3 is 36.7 Å². The van der Waals surface area contributed by atoms with Crippen LogP contribution in [0.25, 0.3) is 0 Å². The Morgan fingerprint density at radius 3 is 2.16 bits per heavy atom. The van der Waals surface area contributed by atoms with Crippen molar-refractivity contribution in [2.24, 2.45) is 63.5 Å². The number of nitrogens with one attached hydrogen (secondary N) is 1. The van der Waals surface area contributed by atoms with Gasteiger partial charge in [-0.2, -0.15) is 0 Å². The van der Waals surface area contributed by atoms with Gasteiger partial charge in [0.1, 0.15) is 0 Å². The summed E-state index contributed by atoms with van der Waals surface area (Å²) in [6.45, 7) is 16.9. The van der Waals surface area contributed by atoms with Crippen LogP contribution in [-0.2, 0) is 14.2 Å². The highest BCUT2D eigenvalue weighted by molar-refractivity contribution is 5.15. The molecule has 0 heterocycles. The third-order valence-electron chi connectivity index (χ3n) is 13.5. The molecule has 0 radical (unpaired) electrons. The minimum atomic E-state index is 0.185. The molecule has 4 fully saturated rings. The lowest BCUT2D eigenvalue weighted by Gasteiger charge is -2.65. The van der Waals surface area contributed by atoms with Crippen LogP contribution in [0.1, 0.15) is 124 Å². The van der Waals surface area contributed by atoms with Gasteiger partial charge in [-0.05, 0) is 157 Å². The number of nitrogens with two attached hydrogens (primary N) is 3. The molecular formula is C38H74N4O3. The van der Waals surface area contributed by atoms with Crippen molar-refractivity contribution in [3.05, 3.63) is 0 Å². The van der Waals surface area contributed by atoms with Crippen LogP contribution in [0.3, 0.4) is 0 Å². The standard InChI is InChI=1S/C38H74N4O3/c1-5-6-7-20-42-21-8-12-28(2)31-13-14-32-36-33(27-35(38(31,32)4)45-24-11-19-41)37(3)16-15-30(43-22-9-17-39)25-29(37)26-34(36)44-23-10-18-40/h28-36,42H,5-27,39-41H2,1-4H3/t28-,29?,30-,31-,32+,33+,34-,35+,36?,37+,38-/m1/s1. The Hall–Kier alpha value is -0.280. The predicted octanol–water partition coefficient (Wildman–Crippen LogP) is 6.26. The fourth-order valence-corrected chi connectivity index (χ4v) is 11.0. The van der Waals surface area contributed by atoms with Gasteiger partial charge in [0.25, 0.3) is 0 Å². The molecule has 264 valence electrons. The van der Waals surface area contributed by atoms with E-state index in [-0.39, 0.29) is 5.41 Å². The molecule has 0 aromatic heterocycles. The van der Waals surface area contributed by atoms with Crippen molar-refractivity contribution in [2.45, 2.75) is 142 Å². The zero-order chi connectivity index (χ0) is 32.3. The van der Waals surface area contributed by atoms with Gasteiger partial charge in [0.05, 0.1) is 18.3 Å². The first-order chi connectivity index (χ1) is 21.8. The predicted molar refractivity (Wildman–Crippen MR) is 187 cm³/mol. The van der Waals surface area contributed by atoms with E-state index < -0.39 is 0 Å². The summed E-state index contributed by atoms with van der Waals surface area (Å²) >= 11 is 0. The lowest BCUT2D eigenvalue weighted by Crippen LogP contribution is -2.63. The second-order valence-corrected chi connectivity index (χ2v) is 16.1. The molecule has 11 atom stereocenters. The summed E-state index contributed by atoms with van der Waals surface area (Å²) in [6.07, 6.45) is 18.9. The Labute approximate surface area is 277 Å². The van der Waals surface area contributed by atoms with E-state index in [1.165, 1.54) is 70.6 Å². The van der Waals surface area contributed by atoms with Crippen LogP contribution in [0.15, 0.2) is 0 Å². The van der Waals surface area contributed by atoms with Gasteiger partial charge in [0.15, 0.2) is 0 Å². The summed E-state index contributed by atoms with van der Waals surface area (Å²) in [5.41, 5.74) is 18.2. The van der Waals surface area contributed by atoms with Gasteiger partial charge in [-0.25, -0.2) is 0 Å². The highest BCUT2D eigenvalue weighted by atomic mass is 16.5. The van der Waals surface area contributed by atoms with Gasteiger partial charge in [-0.3, -0.25) is 0 Å². The molecule has 45 heavy (non-hydrogen) atoms. The molecule has 0 aromatic rings. The zero-order valence-corrected chi connectivity index (χ0v) is 29.9. The molecule has 0 aromatic carbocycles. The van der Waals surface area contributed by atoms with Crippen LogP contribution in [0, 0.1) is 46.3 Å². The van der Waals surface area contributed by atoms with Gasteiger partial charge in [-0.1, -0.05) is 40.5 Å². The smallest absolute Gasteiger partial charge is 0.0637 e. The van der Waals surface area contributed by atoms with E-state index in [0.29, 0.717) is 78.9 Å². The van der Waals surface area contributed by atoms with E-state index in [9.17, 15) is 0 Å². The molecule has 2 unspecified atom stereocenters. The summed E-state index contributed by atoms with van der Waals surface area (Å²) in [5, 5.41) is 3.71. The summed E-state index contributed by atoms with van der Waals surface area (Å²) in [7, 11) is 0. The molecule has 0 bridgehead atoms. The average Bonchev–Trinajstić information content (AvgIpc) is 3.39. The molecule has 4 aliphatic rings. The van der Waals surface area contributed by atoms with Crippen LogP contribution in [0.4, 0.5) is 0 Å². The first-order valence-corrected chi connectivity index (χ1v) is 19.5. The Bertz CT molecular complexity index is 833. The largest absolute Gasteiger partial charge is 0.378 e. The Morgan fingerprint density at radius 1 is 0.756 bits per heavy atom. The monoisotopic (exact) mass is 635 g/mol. The van der Waals surface area contributed by atoms with Crippen molar-refractivity contribution < 1.29 is 14.2 Å². The van der Waals surface area contributed by atoms with Crippen molar-refractivity contribution in [3.63, 3.8) is 0 Å². The second kappa shape index (κ2) is 18.5. The molecule has 4 saturated carbocycles. The van der Waals surface area contributed by atoms with Gasteiger partial charge in [0.2, 0.25) is 0 Å². The Kier molecular flexibility index (Phi) is 15.4. The van der Waals surface area contributed by atoms with Gasteiger partial charge in [-0.15, -0.1) is 0 Å². The maximum atomic E-state index is 7.01. The van der Waals surface area contributed by atoms with Crippen molar-refractivity contribution in [1.82, 2.24) is 5.32 Å². The highest BCUT2D eigenvalue weighted by Gasteiger charge is 2.66. The number of hydrogen-bond acceptors (Lipinski definition) is 7. The molecule has 0 saturated heterocycles. The first-order valence-electron chi connectivity index (χ1n) is 19.5. The molecule has 7 N–H and O–H groups in total. The van der Waals surface area contributed by atoms with Crippen LogP contribution in [-0.4, -0.2) is 70.9 Å². The summed E-state index contributed by atoms with van der Waals surface area (Å²) in [5.74, 6) is 3.93. The lowest BCUT2D eigenvalue weighted by molar-refractivity contribution is -0.227. The minimum absolute atomic E-state index is 0.185. The molecule has 4 aliphatic carbocycles. The van der Waals surface area contributed by atoms with Crippen LogP contribution < -0.4 is 22.5 Å². The van der Waals surface area contributed by atoms with Crippen LogP contribution in [0.2, 0.25) is 0 Å². The van der Waals surface area contributed by atoms with E-state index in [1.54, 1.807) is 0 Å². The van der Waals surface area contributed by atoms with E-state index in [4.69, 9.17) is 31.4 Å². The van der Waals surface area contributed by atoms with Crippen molar-refractivity contribution in [2.75, 3.05) is 52.5 Å². The molecule has 0 spiro atoms. The molecule has 0 amide bonds. The normalized spacial score (nSPS) is 38.5. The number of hydrogen-bond donors (Lipinski definition) is 4. The summed E-state index contributed by atoms with van der Waals surface area (Å²) in [6, 6.07) is 0. The van der Waals surface area contributed by atoms with E-state index in [2.05, 4.69) is 33.0 Å². The van der Waals surface area contributed by atoms with Crippen molar-refractivity contribution in [3.8, 4) is 0 Å². The fraction of sp³-hybridized carbons (Fsp3) is 1.00. The quantitative estimate of drug-likeness (QED) is 0.110. The summed E-state index contributed by atoms with van der Waals surface area (Å²) < 4.78 is 20.3. The third kappa shape index (κ3) is 8.85. The average molecular weight is 635 g/mol. The van der Waals surface area contributed by atoms with E-state index >= 15 is 0 Å². The van der Waals surface area contributed by atoms with Gasteiger partial charge in [0, 0.05) is 25.2 Å². The topological polar surface area (TPSA) is 118 Å². The fourth-order valence-electron chi connectivity index (χ4n) is 11.0. The minimum Gasteiger partial charge on any atom is -0.378 e. The molecule has 0 aliphatic heterocycles. The first kappa shape index (κ1) is 37.5. The number of fused-ring (bicyclic) bond motifs is 5. The Balaban J connectivity index is 1.54. The number of ether oxygens (including phenoxy) is 3. The number of unbranched alkanes of at least 4 members (excludes halogenated alkanes) is 2. The van der Waals surface area contributed by atoms with Crippen LogP contribution in [0.5, 0.6) is 0 Å². The maximum absolute atomic E-state index is 7.01. The SMILES string of the molecule is CCCCCNCCC[C@@H](C)[C@H]1CC[C@H]2C3[C@H](OCCCN)CC4C[C@H](OCCCN)CC[C@]4(C)[C@H]3C[C@H](OCCCN)[C@]12C. The Morgan fingerprint density at radius 2 is 1.44 bits per heavy atom. The van der Waals surface area contributed by atoms with Crippen molar-refractivity contribution in [1.29, 1.82) is 0 Å². The zero-order valence-electron chi connectivity index (χ0n) is 29.9. The molecule has 7 heteroatoms. The van der Waals surface area contributed by atoms with Crippen LogP contribution >= 0.6 is 0 Å². The third-order valence-corrected chi connectivity index (χ3v) is 13.5. The lowest BCUT2D eigenvalue weighted by atomic mass is 9.43. The van der Waals surface area contributed by atoms with Crippen molar-refractivity contribution >= 4 is 0 Å². The van der Waals surface area contributed by atoms with E-state index in [1.807, 2.05) is 0 Å². The van der Waals surface area contributed by atoms with E-state index in [0.717, 1.165) is 58.6 Å². The van der Waals surface area contributed by atoms with Gasteiger partial charge >= 0.3 is 0 Å². The molecular weight excluding hydrogens is 560 g/mol. The molecule has 7 nitrogen and oxygen atoms in total.